The number of nitro benzene ring substituents is 1. The maximum Gasteiger partial charge on any atom is 0.269 e. The van der Waals surface area contributed by atoms with Crippen LogP contribution in [0, 0.1) is 10.1 Å². The number of ketones is 1. The van der Waals surface area contributed by atoms with E-state index in [1.165, 1.54) is 18.2 Å². The van der Waals surface area contributed by atoms with Gasteiger partial charge in [0.25, 0.3) is 5.69 Å². The van der Waals surface area contributed by atoms with Gasteiger partial charge < -0.3 is 14.2 Å². The van der Waals surface area contributed by atoms with Crippen LogP contribution in [0.5, 0.6) is 11.5 Å². The molecule has 1 heterocycles. The van der Waals surface area contributed by atoms with Crippen LogP contribution in [0.15, 0.2) is 54.1 Å². The average molecular weight is 395 g/mol. The molecular weight excluding hydrogens is 374 g/mol. The Morgan fingerprint density at radius 3 is 2.59 bits per heavy atom. The van der Waals surface area contributed by atoms with Crippen LogP contribution in [0.1, 0.15) is 25.0 Å². The highest BCUT2D eigenvalue weighted by molar-refractivity contribution is 6.11. The fourth-order valence-corrected chi connectivity index (χ4v) is 3.10. The van der Waals surface area contributed by atoms with Crippen molar-refractivity contribution in [1.29, 1.82) is 0 Å². The Kier molecular flexibility index (Phi) is 5.79. The molecule has 2 aromatic rings. The predicted molar refractivity (Wildman–Crippen MR) is 109 cm³/mol. The van der Waals surface area contributed by atoms with Crippen molar-refractivity contribution in [2.75, 3.05) is 13.7 Å². The van der Waals surface area contributed by atoms with Crippen LogP contribution in [0.2, 0.25) is 0 Å². The van der Waals surface area contributed by atoms with E-state index in [0.29, 0.717) is 34.8 Å². The number of benzene rings is 2. The molecule has 29 heavy (non-hydrogen) atoms. The zero-order valence-electron chi connectivity index (χ0n) is 16.4. The second kappa shape index (κ2) is 8.28. The number of allylic oxidation sites excluding steroid dienone is 1. The first-order chi connectivity index (χ1) is 13.9. The van der Waals surface area contributed by atoms with Crippen LogP contribution >= 0.6 is 0 Å². The summed E-state index contributed by atoms with van der Waals surface area (Å²) in [5.41, 5.74) is 1.72. The monoisotopic (exact) mass is 395 g/mol. The standard InChI is InChI=1S/C22H21NO6/c1-4-28-22(2)18(14-16-6-5-7-20(27-3)21(16)29-22)19(24)13-10-15-8-11-17(12-9-15)23(25)26/h5-14H,4H2,1-3H3/b13-10+. The maximum atomic E-state index is 12.9. The van der Waals surface area contributed by atoms with Gasteiger partial charge in [-0.2, -0.15) is 0 Å². The maximum absolute atomic E-state index is 12.9. The lowest BCUT2D eigenvalue weighted by Gasteiger charge is -2.35. The number of para-hydroxylation sites is 1. The molecule has 1 atom stereocenters. The van der Waals surface area contributed by atoms with Gasteiger partial charge in [-0.15, -0.1) is 0 Å². The first-order valence-electron chi connectivity index (χ1n) is 9.07. The van der Waals surface area contributed by atoms with Crippen LogP contribution in [0.25, 0.3) is 12.2 Å². The summed E-state index contributed by atoms with van der Waals surface area (Å²) in [5.74, 6) is -0.486. The molecule has 0 amide bonds. The summed E-state index contributed by atoms with van der Waals surface area (Å²) < 4.78 is 17.2. The lowest BCUT2D eigenvalue weighted by molar-refractivity contribution is -0.384. The first kappa shape index (κ1) is 20.3. The van der Waals surface area contributed by atoms with Crippen molar-refractivity contribution in [2.24, 2.45) is 0 Å². The number of carbonyl (C=O) groups is 1. The van der Waals surface area contributed by atoms with Crippen LogP contribution in [-0.2, 0) is 9.53 Å². The molecule has 0 saturated heterocycles. The average Bonchev–Trinajstić information content (AvgIpc) is 2.71. The first-order valence-corrected chi connectivity index (χ1v) is 9.07. The van der Waals surface area contributed by atoms with E-state index in [1.54, 1.807) is 44.4 Å². The molecule has 0 saturated carbocycles. The van der Waals surface area contributed by atoms with E-state index in [9.17, 15) is 14.9 Å². The van der Waals surface area contributed by atoms with Crippen molar-refractivity contribution in [1.82, 2.24) is 0 Å². The van der Waals surface area contributed by atoms with Crippen molar-refractivity contribution in [3.63, 3.8) is 0 Å². The van der Waals surface area contributed by atoms with Gasteiger partial charge in [0.2, 0.25) is 5.79 Å². The number of nitro groups is 1. The van der Waals surface area contributed by atoms with Crippen LogP contribution in [0.3, 0.4) is 0 Å². The molecule has 1 aliphatic heterocycles. The minimum absolute atomic E-state index is 0.00802. The molecular formula is C22H21NO6. The summed E-state index contributed by atoms with van der Waals surface area (Å²) in [7, 11) is 1.55. The Balaban J connectivity index is 1.93. The Bertz CT molecular complexity index is 993. The molecule has 0 aromatic heterocycles. The molecule has 150 valence electrons. The molecule has 2 aromatic carbocycles. The quantitative estimate of drug-likeness (QED) is 0.392. The molecule has 1 aliphatic rings. The molecule has 0 fully saturated rings. The van der Waals surface area contributed by atoms with E-state index in [4.69, 9.17) is 14.2 Å². The number of ether oxygens (including phenoxy) is 3. The highest BCUT2D eigenvalue weighted by Gasteiger charge is 2.40. The summed E-state index contributed by atoms with van der Waals surface area (Å²) in [6.07, 6.45) is 4.73. The van der Waals surface area contributed by atoms with E-state index >= 15 is 0 Å². The van der Waals surface area contributed by atoms with Gasteiger partial charge in [-0.1, -0.05) is 18.2 Å². The zero-order chi connectivity index (χ0) is 21.0. The largest absolute Gasteiger partial charge is 0.493 e. The van der Waals surface area contributed by atoms with E-state index in [-0.39, 0.29) is 11.5 Å². The minimum atomic E-state index is -1.27. The molecule has 0 radical (unpaired) electrons. The summed E-state index contributed by atoms with van der Waals surface area (Å²) in [4.78, 5) is 23.2. The van der Waals surface area contributed by atoms with E-state index < -0.39 is 10.7 Å². The van der Waals surface area contributed by atoms with Crippen molar-refractivity contribution >= 4 is 23.6 Å². The van der Waals surface area contributed by atoms with E-state index in [2.05, 4.69) is 0 Å². The number of fused-ring (bicyclic) bond motifs is 1. The summed E-state index contributed by atoms with van der Waals surface area (Å²) in [6, 6.07) is 11.4. The van der Waals surface area contributed by atoms with Crippen LogP contribution in [0.4, 0.5) is 5.69 Å². The number of methoxy groups -OCH3 is 1. The molecule has 7 nitrogen and oxygen atoms in total. The number of hydrogen-bond acceptors (Lipinski definition) is 6. The fourth-order valence-electron chi connectivity index (χ4n) is 3.10. The molecule has 0 spiro atoms. The summed E-state index contributed by atoms with van der Waals surface area (Å²) >= 11 is 0. The van der Waals surface area contributed by atoms with Crippen LogP contribution in [-0.4, -0.2) is 30.2 Å². The van der Waals surface area contributed by atoms with Gasteiger partial charge in [-0.3, -0.25) is 14.9 Å². The molecule has 7 heteroatoms. The Morgan fingerprint density at radius 2 is 1.97 bits per heavy atom. The highest BCUT2D eigenvalue weighted by Crippen LogP contribution is 2.42. The summed E-state index contributed by atoms with van der Waals surface area (Å²) in [6.45, 7) is 3.86. The van der Waals surface area contributed by atoms with Crippen LogP contribution < -0.4 is 9.47 Å². The second-order valence-corrected chi connectivity index (χ2v) is 6.46. The van der Waals surface area contributed by atoms with Gasteiger partial charge >= 0.3 is 0 Å². The van der Waals surface area contributed by atoms with Crippen molar-refractivity contribution in [2.45, 2.75) is 19.6 Å². The van der Waals surface area contributed by atoms with Crippen molar-refractivity contribution < 1.29 is 23.9 Å². The Morgan fingerprint density at radius 1 is 1.24 bits per heavy atom. The van der Waals surface area contributed by atoms with Crippen molar-refractivity contribution in [3.05, 3.63) is 75.4 Å². The number of nitrogens with zero attached hydrogens (tertiary/aromatic N) is 1. The molecule has 0 bridgehead atoms. The number of hydrogen-bond donors (Lipinski definition) is 0. The predicted octanol–water partition coefficient (Wildman–Crippen LogP) is 4.41. The lowest BCUT2D eigenvalue weighted by Crippen LogP contribution is -2.42. The van der Waals surface area contributed by atoms with Crippen molar-refractivity contribution in [3.8, 4) is 11.5 Å². The number of non-ortho nitro benzene ring substituents is 1. The topological polar surface area (TPSA) is 87.9 Å². The van der Waals surface area contributed by atoms with E-state index in [0.717, 1.165) is 0 Å². The minimum Gasteiger partial charge on any atom is -0.493 e. The third-order valence-corrected chi connectivity index (χ3v) is 4.53. The molecule has 0 N–H and O–H groups in total. The van der Waals surface area contributed by atoms with Gasteiger partial charge in [0, 0.05) is 31.2 Å². The third-order valence-electron chi connectivity index (χ3n) is 4.53. The molecule has 0 aliphatic carbocycles. The molecule has 3 rings (SSSR count). The third kappa shape index (κ3) is 4.20. The summed E-state index contributed by atoms with van der Waals surface area (Å²) in [5, 5.41) is 10.8. The highest BCUT2D eigenvalue weighted by atomic mass is 16.7. The Labute approximate surface area is 168 Å². The smallest absolute Gasteiger partial charge is 0.269 e. The normalized spacial score (nSPS) is 18.0. The van der Waals surface area contributed by atoms with E-state index in [1.807, 2.05) is 19.1 Å². The number of carbonyl (C=O) groups excluding carboxylic acids is 1. The SMILES string of the molecule is CCOC1(C)Oc2c(cccc2OC)C=C1C(=O)/C=C/c1ccc([N+](=O)[O-])cc1. The zero-order valence-corrected chi connectivity index (χ0v) is 16.4. The van der Waals surface area contributed by atoms with Gasteiger partial charge in [0.1, 0.15) is 0 Å². The number of rotatable bonds is 7. The van der Waals surface area contributed by atoms with Gasteiger partial charge in [0.15, 0.2) is 17.3 Å². The van der Waals surface area contributed by atoms with Gasteiger partial charge in [0.05, 0.1) is 17.6 Å². The fraction of sp³-hybridized carbons (Fsp3) is 0.227. The van der Waals surface area contributed by atoms with Gasteiger partial charge in [-0.05, 0) is 42.8 Å². The van der Waals surface area contributed by atoms with Gasteiger partial charge in [-0.25, -0.2) is 0 Å². The second-order valence-electron chi connectivity index (χ2n) is 6.46. The lowest BCUT2D eigenvalue weighted by atomic mass is 9.95. The molecule has 1 unspecified atom stereocenters. The Hall–Kier alpha value is -3.45.